The Morgan fingerprint density at radius 2 is 2.25 bits per heavy atom. The van der Waals surface area contributed by atoms with Crippen molar-refractivity contribution in [1.82, 2.24) is 4.57 Å². The van der Waals surface area contributed by atoms with E-state index in [9.17, 15) is 4.79 Å². The molecule has 3 nitrogen and oxygen atoms in total. The molecule has 1 atom stereocenters. The fourth-order valence-electron chi connectivity index (χ4n) is 2.10. The van der Waals surface area contributed by atoms with Crippen LogP contribution in [0.25, 0.3) is 11.1 Å². The van der Waals surface area contributed by atoms with Crippen molar-refractivity contribution in [3.05, 3.63) is 34.3 Å². The SMILES string of the molecule is Cn1c(=O)oc2cc(C3(C)CCS3)ccc21. The molecule has 0 radical (unpaired) electrons. The number of aryl methyl sites for hydroxylation is 1. The monoisotopic (exact) mass is 235 g/mol. The molecule has 1 aliphatic heterocycles. The number of thioether (sulfide) groups is 1. The second-order valence-electron chi connectivity index (χ2n) is 4.44. The third kappa shape index (κ3) is 1.26. The van der Waals surface area contributed by atoms with Crippen LogP contribution in [0.5, 0.6) is 0 Å². The summed E-state index contributed by atoms with van der Waals surface area (Å²) in [5, 5.41) is 0. The smallest absolute Gasteiger partial charge is 0.408 e. The summed E-state index contributed by atoms with van der Waals surface area (Å²) in [6, 6.07) is 6.08. The topological polar surface area (TPSA) is 35.1 Å². The quantitative estimate of drug-likeness (QED) is 0.761. The number of hydrogen-bond donors (Lipinski definition) is 0. The van der Waals surface area contributed by atoms with Crippen LogP contribution in [-0.2, 0) is 11.8 Å². The van der Waals surface area contributed by atoms with Gasteiger partial charge in [0.2, 0.25) is 0 Å². The maximum Gasteiger partial charge on any atom is 0.419 e. The van der Waals surface area contributed by atoms with Gasteiger partial charge in [-0.15, -0.1) is 0 Å². The summed E-state index contributed by atoms with van der Waals surface area (Å²) in [6.07, 6.45) is 1.19. The summed E-state index contributed by atoms with van der Waals surface area (Å²) in [5.41, 5.74) is 2.81. The Morgan fingerprint density at radius 1 is 1.50 bits per heavy atom. The van der Waals surface area contributed by atoms with Gasteiger partial charge in [-0.3, -0.25) is 4.57 Å². The van der Waals surface area contributed by atoms with Gasteiger partial charge in [0.05, 0.1) is 5.52 Å². The highest BCUT2D eigenvalue weighted by Crippen LogP contribution is 2.49. The minimum absolute atomic E-state index is 0.211. The van der Waals surface area contributed by atoms with Gasteiger partial charge >= 0.3 is 5.76 Å². The van der Waals surface area contributed by atoms with E-state index in [-0.39, 0.29) is 10.5 Å². The van der Waals surface area contributed by atoms with Crippen molar-refractivity contribution < 1.29 is 4.42 Å². The van der Waals surface area contributed by atoms with Crippen molar-refractivity contribution >= 4 is 22.9 Å². The molecule has 2 aromatic rings. The molecule has 16 heavy (non-hydrogen) atoms. The maximum atomic E-state index is 11.4. The largest absolute Gasteiger partial charge is 0.419 e. The minimum atomic E-state index is -0.293. The van der Waals surface area contributed by atoms with E-state index in [0.717, 1.165) is 5.52 Å². The Kier molecular flexibility index (Phi) is 1.98. The Morgan fingerprint density at radius 3 is 2.88 bits per heavy atom. The van der Waals surface area contributed by atoms with E-state index in [2.05, 4.69) is 13.0 Å². The Hall–Kier alpha value is -1.16. The number of fused-ring (bicyclic) bond motifs is 1. The van der Waals surface area contributed by atoms with Crippen molar-refractivity contribution in [2.45, 2.75) is 18.1 Å². The van der Waals surface area contributed by atoms with Gasteiger partial charge in [0, 0.05) is 11.8 Å². The van der Waals surface area contributed by atoms with E-state index in [1.165, 1.54) is 22.3 Å². The van der Waals surface area contributed by atoms with Crippen LogP contribution < -0.4 is 5.76 Å². The molecular weight excluding hydrogens is 222 g/mol. The van der Waals surface area contributed by atoms with Gasteiger partial charge in [-0.05, 0) is 36.8 Å². The number of nitrogens with zero attached hydrogens (tertiary/aromatic N) is 1. The van der Waals surface area contributed by atoms with E-state index in [1.807, 2.05) is 23.9 Å². The molecule has 2 heterocycles. The van der Waals surface area contributed by atoms with Gasteiger partial charge in [0.25, 0.3) is 0 Å². The molecule has 1 saturated heterocycles. The molecule has 1 unspecified atom stereocenters. The average Bonchev–Trinajstić information content (AvgIpc) is 2.51. The molecule has 0 saturated carbocycles. The van der Waals surface area contributed by atoms with Crippen LogP contribution in [0, 0.1) is 0 Å². The first-order chi connectivity index (χ1) is 7.60. The highest BCUT2D eigenvalue weighted by molar-refractivity contribution is 8.01. The van der Waals surface area contributed by atoms with Gasteiger partial charge < -0.3 is 4.42 Å². The lowest BCUT2D eigenvalue weighted by molar-refractivity contribution is 0.527. The molecule has 1 fully saturated rings. The van der Waals surface area contributed by atoms with Crippen molar-refractivity contribution in [2.75, 3.05) is 5.75 Å². The van der Waals surface area contributed by atoms with Gasteiger partial charge in [-0.25, -0.2) is 4.79 Å². The zero-order valence-electron chi connectivity index (χ0n) is 9.32. The summed E-state index contributed by atoms with van der Waals surface area (Å²) in [7, 11) is 1.73. The molecular formula is C12H13NO2S. The predicted octanol–water partition coefficient (Wildman–Crippen LogP) is 2.48. The predicted molar refractivity (Wildman–Crippen MR) is 65.9 cm³/mol. The zero-order chi connectivity index (χ0) is 11.3. The van der Waals surface area contributed by atoms with E-state index >= 15 is 0 Å². The van der Waals surface area contributed by atoms with Crippen molar-refractivity contribution in [3.63, 3.8) is 0 Å². The number of aromatic nitrogens is 1. The van der Waals surface area contributed by atoms with Crippen LogP contribution in [0.15, 0.2) is 27.4 Å². The minimum Gasteiger partial charge on any atom is -0.408 e. The van der Waals surface area contributed by atoms with Crippen LogP contribution >= 0.6 is 11.8 Å². The molecule has 4 heteroatoms. The molecule has 84 valence electrons. The van der Waals surface area contributed by atoms with Crippen molar-refractivity contribution in [1.29, 1.82) is 0 Å². The van der Waals surface area contributed by atoms with Gasteiger partial charge in [-0.2, -0.15) is 11.8 Å². The summed E-state index contributed by atoms with van der Waals surface area (Å²) >= 11 is 1.95. The normalized spacial score (nSPS) is 24.6. The van der Waals surface area contributed by atoms with E-state index in [1.54, 1.807) is 7.05 Å². The lowest BCUT2D eigenvalue weighted by Gasteiger charge is -2.38. The second kappa shape index (κ2) is 3.17. The van der Waals surface area contributed by atoms with Crippen LogP contribution in [0.2, 0.25) is 0 Å². The van der Waals surface area contributed by atoms with Gasteiger partial charge in [0.1, 0.15) is 0 Å². The first kappa shape index (κ1) is 10.0. The highest BCUT2D eigenvalue weighted by atomic mass is 32.2. The van der Waals surface area contributed by atoms with Crippen LogP contribution in [-0.4, -0.2) is 10.3 Å². The standard InChI is InChI=1S/C12H13NO2S/c1-12(5-6-16-12)8-3-4-9-10(7-8)15-11(14)13(9)2/h3-4,7H,5-6H2,1-2H3. The van der Waals surface area contributed by atoms with Gasteiger partial charge in [0.15, 0.2) is 5.58 Å². The highest BCUT2D eigenvalue weighted by Gasteiger charge is 2.34. The number of rotatable bonds is 1. The second-order valence-corrected chi connectivity index (χ2v) is 6.04. The Balaban J connectivity index is 2.20. The van der Waals surface area contributed by atoms with E-state index < -0.39 is 0 Å². The van der Waals surface area contributed by atoms with Gasteiger partial charge in [-0.1, -0.05) is 6.07 Å². The molecule has 3 rings (SSSR count). The maximum absolute atomic E-state index is 11.4. The number of oxazole rings is 1. The first-order valence-electron chi connectivity index (χ1n) is 5.34. The molecule has 1 aromatic heterocycles. The zero-order valence-corrected chi connectivity index (χ0v) is 10.1. The third-order valence-electron chi connectivity index (χ3n) is 3.40. The first-order valence-corrected chi connectivity index (χ1v) is 6.33. The lowest BCUT2D eigenvalue weighted by Crippen LogP contribution is -2.27. The number of benzene rings is 1. The fourth-order valence-corrected chi connectivity index (χ4v) is 3.21. The molecule has 1 aromatic carbocycles. The van der Waals surface area contributed by atoms with E-state index in [0.29, 0.717) is 5.58 Å². The van der Waals surface area contributed by atoms with E-state index in [4.69, 9.17) is 4.42 Å². The molecule has 0 N–H and O–H groups in total. The van der Waals surface area contributed by atoms with Crippen LogP contribution in [0.4, 0.5) is 0 Å². The molecule has 0 amide bonds. The Bertz CT molecular complexity index is 607. The van der Waals surface area contributed by atoms with Crippen LogP contribution in [0.3, 0.4) is 0 Å². The fraction of sp³-hybridized carbons (Fsp3) is 0.417. The number of hydrogen-bond acceptors (Lipinski definition) is 3. The molecule has 0 spiro atoms. The molecule has 1 aliphatic rings. The van der Waals surface area contributed by atoms with Crippen molar-refractivity contribution in [2.24, 2.45) is 7.05 Å². The molecule has 0 aliphatic carbocycles. The van der Waals surface area contributed by atoms with Crippen molar-refractivity contribution in [3.8, 4) is 0 Å². The average molecular weight is 235 g/mol. The molecule has 0 bridgehead atoms. The Labute approximate surface area is 97.4 Å². The summed E-state index contributed by atoms with van der Waals surface area (Å²) in [5.74, 6) is 0.923. The lowest BCUT2D eigenvalue weighted by atomic mass is 9.96. The summed E-state index contributed by atoms with van der Waals surface area (Å²) in [4.78, 5) is 11.4. The summed E-state index contributed by atoms with van der Waals surface area (Å²) < 4.78 is 6.95. The summed E-state index contributed by atoms with van der Waals surface area (Å²) in [6.45, 7) is 2.24. The third-order valence-corrected chi connectivity index (χ3v) is 4.89. The van der Waals surface area contributed by atoms with Crippen LogP contribution in [0.1, 0.15) is 18.9 Å².